The minimum Gasteiger partial charge on any atom is -0.481 e. The van der Waals surface area contributed by atoms with Crippen LogP contribution < -0.4 is 0 Å². The highest BCUT2D eigenvalue weighted by Crippen LogP contribution is 2.16. The summed E-state index contributed by atoms with van der Waals surface area (Å²) in [7, 11) is 0. The molecule has 4 heteroatoms. The zero-order valence-corrected chi connectivity index (χ0v) is 8.09. The number of hydrogen-bond acceptors (Lipinski definition) is 3. The topological polar surface area (TPSA) is 74.6 Å². The maximum absolute atomic E-state index is 11.1. The molecular formula is C11H12O4. The van der Waals surface area contributed by atoms with Gasteiger partial charge in [0, 0.05) is 6.42 Å². The molecule has 4 nitrogen and oxygen atoms in total. The molecule has 0 heterocycles. The van der Waals surface area contributed by atoms with Gasteiger partial charge in [-0.25, -0.2) is 0 Å². The molecule has 2 N–H and O–H groups in total. The Labute approximate surface area is 87.2 Å². The van der Waals surface area contributed by atoms with Crippen LogP contribution in [-0.2, 0) is 9.59 Å². The predicted molar refractivity (Wildman–Crippen MR) is 53.3 cm³/mol. The number of aliphatic hydroxyl groups excluding tert-OH is 1. The van der Waals surface area contributed by atoms with Crippen LogP contribution in [0.3, 0.4) is 0 Å². The van der Waals surface area contributed by atoms with E-state index in [-0.39, 0.29) is 6.42 Å². The Morgan fingerprint density at radius 2 is 1.80 bits per heavy atom. The minimum atomic E-state index is -1.17. The number of Topliss-reactive ketones (excluding diaryl/α,β-unsaturated/α-hetero) is 1. The Hall–Kier alpha value is -1.68. The van der Waals surface area contributed by atoms with Gasteiger partial charge in [-0.3, -0.25) is 9.59 Å². The summed E-state index contributed by atoms with van der Waals surface area (Å²) in [5, 5.41) is 18.0. The molecule has 1 atom stereocenters. The van der Waals surface area contributed by atoms with Crippen molar-refractivity contribution in [1.29, 1.82) is 0 Å². The van der Waals surface area contributed by atoms with E-state index in [9.17, 15) is 14.7 Å². The standard InChI is InChI=1S/C11H12O4/c12-9(7-11(14)15)6-10(13)8-4-2-1-3-5-8/h1-5,10,13H,6-7H2,(H,14,15). The second kappa shape index (κ2) is 5.26. The number of carboxylic acid groups (broad SMARTS) is 1. The van der Waals surface area contributed by atoms with Crippen molar-refractivity contribution in [1.82, 2.24) is 0 Å². The van der Waals surface area contributed by atoms with E-state index in [1.54, 1.807) is 30.3 Å². The molecule has 0 spiro atoms. The van der Waals surface area contributed by atoms with Gasteiger partial charge in [0.1, 0.15) is 12.2 Å². The molecule has 0 saturated carbocycles. The predicted octanol–water partition coefficient (Wildman–Crippen LogP) is 1.15. The first-order valence-electron chi connectivity index (χ1n) is 4.56. The molecule has 0 fully saturated rings. The molecule has 0 saturated heterocycles. The second-order valence-corrected chi connectivity index (χ2v) is 3.24. The van der Waals surface area contributed by atoms with E-state index in [0.29, 0.717) is 5.56 Å². The number of carbonyl (C=O) groups is 2. The fourth-order valence-corrected chi connectivity index (χ4v) is 1.25. The van der Waals surface area contributed by atoms with Gasteiger partial charge in [0.25, 0.3) is 0 Å². The minimum absolute atomic E-state index is 0.156. The van der Waals surface area contributed by atoms with Crippen molar-refractivity contribution in [3.8, 4) is 0 Å². The first kappa shape index (κ1) is 11.4. The number of hydrogen-bond donors (Lipinski definition) is 2. The Morgan fingerprint density at radius 3 is 2.33 bits per heavy atom. The molecule has 0 bridgehead atoms. The largest absolute Gasteiger partial charge is 0.481 e. The monoisotopic (exact) mass is 208 g/mol. The third-order valence-electron chi connectivity index (χ3n) is 1.95. The fraction of sp³-hybridized carbons (Fsp3) is 0.273. The SMILES string of the molecule is O=C(O)CC(=O)CC(O)c1ccccc1. The summed E-state index contributed by atoms with van der Waals surface area (Å²) >= 11 is 0. The third kappa shape index (κ3) is 3.91. The summed E-state index contributed by atoms with van der Waals surface area (Å²) in [5.41, 5.74) is 0.622. The average molecular weight is 208 g/mol. The lowest BCUT2D eigenvalue weighted by Gasteiger charge is -2.08. The maximum atomic E-state index is 11.1. The summed E-state index contributed by atoms with van der Waals surface area (Å²) in [5.74, 6) is -1.64. The Kier molecular flexibility index (Phi) is 4.00. The van der Waals surface area contributed by atoms with E-state index in [0.717, 1.165) is 0 Å². The van der Waals surface area contributed by atoms with Crippen molar-refractivity contribution < 1.29 is 19.8 Å². The van der Waals surface area contributed by atoms with Crippen molar-refractivity contribution in [3.05, 3.63) is 35.9 Å². The number of rotatable bonds is 5. The van der Waals surface area contributed by atoms with Crippen LogP contribution in [0.4, 0.5) is 0 Å². The van der Waals surface area contributed by atoms with E-state index >= 15 is 0 Å². The molecule has 80 valence electrons. The van der Waals surface area contributed by atoms with Crippen LogP contribution >= 0.6 is 0 Å². The zero-order chi connectivity index (χ0) is 11.3. The zero-order valence-electron chi connectivity index (χ0n) is 8.09. The van der Waals surface area contributed by atoms with Gasteiger partial charge in [-0.05, 0) is 5.56 Å². The lowest BCUT2D eigenvalue weighted by atomic mass is 10.0. The van der Waals surface area contributed by atoms with Crippen molar-refractivity contribution in [2.45, 2.75) is 18.9 Å². The van der Waals surface area contributed by atoms with E-state index in [2.05, 4.69) is 0 Å². The molecule has 1 aromatic rings. The van der Waals surface area contributed by atoms with Gasteiger partial charge >= 0.3 is 5.97 Å². The number of aliphatic carboxylic acids is 1. The summed E-state index contributed by atoms with van der Waals surface area (Å²) in [6.07, 6.45) is -1.61. The third-order valence-corrected chi connectivity index (χ3v) is 1.95. The van der Waals surface area contributed by atoms with Crippen molar-refractivity contribution in [3.63, 3.8) is 0 Å². The van der Waals surface area contributed by atoms with Gasteiger partial charge in [0.05, 0.1) is 6.10 Å². The molecule has 15 heavy (non-hydrogen) atoms. The smallest absolute Gasteiger partial charge is 0.310 e. The highest BCUT2D eigenvalue weighted by Gasteiger charge is 2.14. The van der Waals surface area contributed by atoms with Gasteiger partial charge in [-0.1, -0.05) is 30.3 Å². The molecule has 0 aliphatic rings. The lowest BCUT2D eigenvalue weighted by Crippen LogP contribution is -2.11. The van der Waals surface area contributed by atoms with Gasteiger partial charge in [-0.2, -0.15) is 0 Å². The second-order valence-electron chi connectivity index (χ2n) is 3.24. The number of carboxylic acids is 1. The van der Waals surface area contributed by atoms with Crippen molar-refractivity contribution >= 4 is 11.8 Å². The van der Waals surface area contributed by atoms with E-state index in [1.807, 2.05) is 0 Å². The van der Waals surface area contributed by atoms with Crippen molar-refractivity contribution in [2.24, 2.45) is 0 Å². The van der Waals surface area contributed by atoms with E-state index < -0.39 is 24.3 Å². The molecule has 0 amide bonds. The summed E-state index contributed by atoms with van der Waals surface area (Å²) in [6, 6.07) is 8.69. The first-order chi connectivity index (χ1) is 7.09. The normalized spacial score (nSPS) is 12.1. The van der Waals surface area contributed by atoms with Crippen LogP contribution in [0.15, 0.2) is 30.3 Å². The molecule has 0 aliphatic carbocycles. The Bertz CT molecular complexity index is 345. The lowest BCUT2D eigenvalue weighted by molar-refractivity contribution is -0.140. The number of benzene rings is 1. The van der Waals surface area contributed by atoms with Crippen molar-refractivity contribution in [2.75, 3.05) is 0 Å². The molecule has 1 aromatic carbocycles. The van der Waals surface area contributed by atoms with Crippen LogP contribution in [0.1, 0.15) is 24.5 Å². The molecule has 1 rings (SSSR count). The van der Waals surface area contributed by atoms with Crippen LogP contribution in [0.5, 0.6) is 0 Å². The summed E-state index contributed by atoms with van der Waals surface area (Å²) in [4.78, 5) is 21.3. The average Bonchev–Trinajstić information content (AvgIpc) is 2.17. The molecule has 1 unspecified atom stereocenters. The highest BCUT2D eigenvalue weighted by molar-refractivity contribution is 5.94. The molecule has 0 aliphatic heterocycles. The van der Waals surface area contributed by atoms with Crippen LogP contribution in [0.25, 0.3) is 0 Å². The fourth-order valence-electron chi connectivity index (χ4n) is 1.25. The molecular weight excluding hydrogens is 196 g/mol. The quantitative estimate of drug-likeness (QED) is 0.712. The number of carbonyl (C=O) groups excluding carboxylic acids is 1. The molecule has 0 aromatic heterocycles. The van der Waals surface area contributed by atoms with Crippen LogP contribution in [0.2, 0.25) is 0 Å². The van der Waals surface area contributed by atoms with E-state index in [1.165, 1.54) is 0 Å². The van der Waals surface area contributed by atoms with Crippen LogP contribution in [-0.4, -0.2) is 22.0 Å². The highest BCUT2D eigenvalue weighted by atomic mass is 16.4. The van der Waals surface area contributed by atoms with E-state index in [4.69, 9.17) is 5.11 Å². The van der Waals surface area contributed by atoms with Gasteiger partial charge in [0.15, 0.2) is 0 Å². The Balaban J connectivity index is 2.53. The summed E-state index contributed by atoms with van der Waals surface area (Å²) < 4.78 is 0. The van der Waals surface area contributed by atoms with Gasteiger partial charge in [-0.15, -0.1) is 0 Å². The van der Waals surface area contributed by atoms with Crippen LogP contribution in [0, 0.1) is 0 Å². The number of ketones is 1. The van der Waals surface area contributed by atoms with Gasteiger partial charge < -0.3 is 10.2 Å². The maximum Gasteiger partial charge on any atom is 0.310 e. The molecule has 0 radical (unpaired) electrons. The Morgan fingerprint density at radius 1 is 1.20 bits per heavy atom. The summed E-state index contributed by atoms with van der Waals surface area (Å²) in [6.45, 7) is 0. The number of aliphatic hydroxyl groups is 1. The first-order valence-corrected chi connectivity index (χ1v) is 4.56. The van der Waals surface area contributed by atoms with Gasteiger partial charge in [0.2, 0.25) is 0 Å².